The number of fused-ring (bicyclic) bond motifs is 1. The summed E-state index contributed by atoms with van der Waals surface area (Å²) in [5, 5.41) is 3.30. The van der Waals surface area contributed by atoms with Crippen molar-refractivity contribution in [3.8, 4) is 0 Å². The van der Waals surface area contributed by atoms with E-state index < -0.39 is 23.8 Å². The largest absolute Gasteiger partial charge is 0.380 e. The Bertz CT molecular complexity index is 1600. The summed E-state index contributed by atoms with van der Waals surface area (Å²) < 4.78 is 0. The summed E-state index contributed by atoms with van der Waals surface area (Å²) in [4.78, 5) is 71.7. The minimum atomic E-state index is -0.889. The molecule has 11 nitrogen and oxygen atoms in total. The summed E-state index contributed by atoms with van der Waals surface area (Å²) in [6.07, 6.45) is 1.82. The first-order valence-electron chi connectivity index (χ1n) is 14.4. The van der Waals surface area contributed by atoms with E-state index in [2.05, 4.69) is 32.2 Å². The molecule has 11 heteroatoms. The lowest BCUT2D eigenvalue weighted by molar-refractivity contribution is -0.132. The molecule has 3 heterocycles. The number of nitrogens with two attached hydrogens (primary N) is 1. The summed E-state index contributed by atoms with van der Waals surface area (Å²) in [5.74, 6) is -2.05. The number of imide groups is 1. The van der Waals surface area contributed by atoms with Gasteiger partial charge in [-0.15, -0.1) is 0 Å². The molecule has 1 saturated carbocycles. The number of hydrogen-bond donors (Lipinski definition) is 2. The van der Waals surface area contributed by atoms with Gasteiger partial charge in [0.2, 0.25) is 0 Å². The minimum Gasteiger partial charge on any atom is -0.380 e. The molecule has 43 heavy (non-hydrogen) atoms. The van der Waals surface area contributed by atoms with E-state index in [-0.39, 0.29) is 47.6 Å². The fourth-order valence-corrected chi connectivity index (χ4v) is 5.97. The molecule has 6 rings (SSSR count). The molecule has 1 aromatic heterocycles. The van der Waals surface area contributed by atoms with Gasteiger partial charge in [-0.25, -0.2) is 4.98 Å². The fraction of sp³-hybridized carbons (Fsp3) is 0.312. The number of ketones is 2. The van der Waals surface area contributed by atoms with Crippen LogP contribution >= 0.6 is 0 Å². The Balaban J connectivity index is 1.04. The molecule has 2 aliphatic heterocycles. The van der Waals surface area contributed by atoms with Gasteiger partial charge in [0.15, 0.2) is 5.78 Å². The molecule has 0 radical (unpaired) electrons. The second-order valence-corrected chi connectivity index (χ2v) is 11.1. The van der Waals surface area contributed by atoms with Gasteiger partial charge in [0, 0.05) is 51.4 Å². The number of rotatable bonds is 8. The minimum absolute atomic E-state index is 0.155. The normalized spacial score (nSPS) is 19.1. The number of anilines is 2. The van der Waals surface area contributed by atoms with E-state index in [1.807, 2.05) is 18.2 Å². The first-order valence-corrected chi connectivity index (χ1v) is 14.4. The van der Waals surface area contributed by atoms with Crippen LogP contribution in [0.4, 0.5) is 11.4 Å². The van der Waals surface area contributed by atoms with Crippen molar-refractivity contribution in [3.05, 3.63) is 88.7 Å². The topological polar surface area (TPSA) is 146 Å². The van der Waals surface area contributed by atoms with Crippen LogP contribution in [0.5, 0.6) is 0 Å². The van der Waals surface area contributed by atoms with Crippen LogP contribution in [0, 0.1) is 0 Å². The molecule has 1 saturated heterocycles. The molecule has 0 unspecified atom stereocenters. The van der Waals surface area contributed by atoms with Crippen molar-refractivity contribution in [1.29, 1.82) is 0 Å². The lowest BCUT2D eigenvalue weighted by Gasteiger charge is -2.36. The Kier molecular flexibility index (Phi) is 7.73. The zero-order valence-electron chi connectivity index (χ0n) is 23.6. The van der Waals surface area contributed by atoms with E-state index in [4.69, 9.17) is 5.73 Å². The van der Waals surface area contributed by atoms with E-state index in [9.17, 15) is 24.0 Å². The van der Waals surface area contributed by atoms with E-state index >= 15 is 0 Å². The first kappa shape index (κ1) is 28.2. The number of Topliss-reactive ketones (excluding diaryl/α,β-unsaturated/α-hetero) is 2. The Labute approximate surface area is 248 Å². The van der Waals surface area contributed by atoms with Crippen LogP contribution in [0.25, 0.3) is 0 Å². The van der Waals surface area contributed by atoms with Gasteiger partial charge in [-0.1, -0.05) is 30.3 Å². The van der Waals surface area contributed by atoms with Gasteiger partial charge in [-0.2, -0.15) is 0 Å². The predicted octanol–water partition coefficient (Wildman–Crippen LogP) is 2.40. The molecule has 220 valence electrons. The second kappa shape index (κ2) is 11.8. The van der Waals surface area contributed by atoms with Gasteiger partial charge in [0.05, 0.1) is 35.5 Å². The van der Waals surface area contributed by atoms with Crippen molar-refractivity contribution in [2.75, 3.05) is 36.4 Å². The van der Waals surface area contributed by atoms with Gasteiger partial charge in [0.25, 0.3) is 17.7 Å². The number of pyridine rings is 1. The van der Waals surface area contributed by atoms with Crippen molar-refractivity contribution in [1.82, 2.24) is 14.8 Å². The highest BCUT2D eigenvalue weighted by Crippen LogP contribution is 2.33. The molecule has 0 spiro atoms. The summed E-state index contributed by atoms with van der Waals surface area (Å²) in [6, 6.07) is 16.0. The van der Waals surface area contributed by atoms with E-state index in [0.717, 1.165) is 48.9 Å². The van der Waals surface area contributed by atoms with Gasteiger partial charge in [-0.3, -0.25) is 33.8 Å². The van der Waals surface area contributed by atoms with Gasteiger partial charge < -0.3 is 16.0 Å². The fourth-order valence-electron chi connectivity index (χ4n) is 5.97. The summed E-state index contributed by atoms with van der Waals surface area (Å²) in [6.45, 7) is 4.78. The van der Waals surface area contributed by atoms with Crippen LogP contribution < -0.4 is 16.0 Å². The lowest BCUT2D eigenvalue weighted by atomic mass is 9.92. The highest BCUT2D eigenvalue weighted by molar-refractivity contribution is 6.25. The Hall–Kier alpha value is -4.90. The summed E-state index contributed by atoms with van der Waals surface area (Å²) in [7, 11) is 0. The number of primary amides is 1. The molecule has 1 aliphatic carbocycles. The van der Waals surface area contributed by atoms with Crippen LogP contribution in [0.1, 0.15) is 61.6 Å². The van der Waals surface area contributed by atoms with Crippen molar-refractivity contribution in [3.63, 3.8) is 0 Å². The quantitative estimate of drug-likeness (QED) is 0.303. The van der Waals surface area contributed by atoms with E-state index in [1.54, 1.807) is 30.5 Å². The Morgan fingerprint density at radius 1 is 0.907 bits per heavy atom. The smallest absolute Gasteiger partial charge is 0.267 e. The molecule has 1 atom stereocenters. The van der Waals surface area contributed by atoms with Gasteiger partial charge in [-0.05, 0) is 41.8 Å². The van der Waals surface area contributed by atoms with E-state index in [1.165, 1.54) is 5.56 Å². The molecule has 3 amide bonds. The number of carbonyl (C=O) groups is 5. The molecule has 3 aromatic rings. The third-order valence-electron chi connectivity index (χ3n) is 8.35. The first-order chi connectivity index (χ1) is 20.8. The van der Waals surface area contributed by atoms with Crippen LogP contribution in [-0.2, 0) is 22.7 Å². The maximum Gasteiger partial charge on any atom is 0.267 e. The highest BCUT2D eigenvalue weighted by Gasteiger charge is 2.45. The van der Waals surface area contributed by atoms with Crippen molar-refractivity contribution >= 4 is 40.7 Å². The standard InChI is InChI=1S/C32H32N6O5/c33-30(41)26-10-8-22(18-35-26)37-14-12-36(13-15-37)19-21-6-4-20(5-7-21)17-34-25-3-1-2-24-29(25)32(43)38(31(24)42)27-11-9-23(39)16-28(27)40/h1-8,10,18,27,34H,9,11-17,19H2,(H2,33,41)/t27-/m1/s1. The van der Waals surface area contributed by atoms with Crippen molar-refractivity contribution in [2.45, 2.75) is 38.4 Å². The zero-order chi connectivity index (χ0) is 30.1. The number of nitrogens with one attached hydrogen (secondary N) is 1. The molecule has 0 bridgehead atoms. The maximum atomic E-state index is 13.3. The van der Waals surface area contributed by atoms with Gasteiger partial charge >= 0.3 is 0 Å². The van der Waals surface area contributed by atoms with Crippen molar-refractivity contribution in [2.24, 2.45) is 5.73 Å². The van der Waals surface area contributed by atoms with Gasteiger partial charge in [0.1, 0.15) is 11.5 Å². The van der Waals surface area contributed by atoms with Crippen LogP contribution in [0.3, 0.4) is 0 Å². The Morgan fingerprint density at radius 2 is 1.65 bits per heavy atom. The zero-order valence-corrected chi connectivity index (χ0v) is 23.6. The predicted molar refractivity (Wildman–Crippen MR) is 159 cm³/mol. The molecule has 2 aromatic carbocycles. The molecule has 2 fully saturated rings. The number of piperazine rings is 1. The maximum absolute atomic E-state index is 13.3. The molecular weight excluding hydrogens is 548 g/mol. The third kappa shape index (κ3) is 5.76. The second-order valence-electron chi connectivity index (χ2n) is 11.1. The lowest BCUT2D eigenvalue weighted by Crippen LogP contribution is -2.47. The average Bonchev–Trinajstić information content (AvgIpc) is 3.27. The Morgan fingerprint density at radius 3 is 2.33 bits per heavy atom. The van der Waals surface area contributed by atoms with Crippen LogP contribution in [0.2, 0.25) is 0 Å². The van der Waals surface area contributed by atoms with Crippen LogP contribution in [-0.4, -0.2) is 76.3 Å². The average molecular weight is 581 g/mol. The number of hydrogen-bond acceptors (Lipinski definition) is 9. The number of benzene rings is 2. The van der Waals surface area contributed by atoms with Crippen molar-refractivity contribution < 1.29 is 24.0 Å². The third-order valence-corrected chi connectivity index (χ3v) is 8.35. The summed E-state index contributed by atoms with van der Waals surface area (Å²) in [5.41, 5.74) is 9.82. The van der Waals surface area contributed by atoms with Crippen LogP contribution in [0.15, 0.2) is 60.8 Å². The number of nitrogens with zero attached hydrogens (tertiary/aromatic N) is 4. The molecular formula is C32H32N6O5. The van der Waals surface area contributed by atoms with E-state index in [0.29, 0.717) is 12.2 Å². The SMILES string of the molecule is NC(=O)c1ccc(N2CCN(Cc3ccc(CNc4cccc5c4C(=O)N([C@@H]4CCC(=O)CC4=O)C5=O)cc3)CC2)cn1. The highest BCUT2D eigenvalue weighted by atomic mass is 16.2. The molecule has 3 N–H and O–H groups in total. The summed E-state index contributed by atoms with van der Waals surface area (Å²) >= 11 is 0. The number of amides is 3. The number of carbonyl (C=O) groups excluding carboxylic acids is 5. The monoisotopic (exact) mass is 580 g/mol. The number of aromatic nitrogens is 1. The molecule has 3 aliphatic rings.